The number of anilines is 3. The molecule has 3 aromatic rings. The number of pyridine rings is 2. The summed E-state index contributed by atoms with van der Waals surface area (Å²) in [6.07, 6.45) is 13.9. The number of nitrogens with one attached hydrogen (secondary N) is 2. The van der Waals surface area contributed by atoms with Crippen molar-refractivity contribution in [2.45, 2.75) is 45.6 Å². The van der Waals surface area contributed by atoms with Crippen LogP contribution in [0.15, 0.2) is 55.0 Å². The number of rotatable bonds is 6. The van der Waals surface area contributed by atoms with Crippen molar-refractivity contribution in [2.75, 3.05) is 48.3 Å². The Hall–Kier alpha value is -3.71. The number of amides is 1. The molecule has 6 rings (SSSR count). The van der Waals surface area contributed by atoms with Crippen LogP contribution >= 0.6 is 0 Å². The van der Waals surface area contributed by atoms with Crippen molar-refractivity contribution in [3.05, 3.63) is 71.7 Å². The van der Waals surface area contributed by atoms with E-state index in [2.05, 4.69) is 61.6 Å². The first-order valence-electron chi connectivity index (χ1n) is 13.9. The summed E-state index contributed by atoms with van der Waals surface area (Å²) < 4.78 is 0. The van der Waals surface area contributed by atoms with Crippen LogP contribution in [0, 0.1) is 6.92 Å². The van der Waals surface area contributed by atoms with Gasteiger partial charge in [-0.2, -0.15) is 0 Å². The second-order valence-corrected chi connectivity index (χ2v) is 10.7. The average molecular weight is 509 g/mol. The first kappa shape index (κ1) is 24.6. The molecule has 1 aromatic carbocycles. The van der Waals surface area contributed by atoms with Crippen molar-refractivity contribution in [3.8, 4) is 11.1 Å². The summed E-state index contributed by atoms with van der Waals surface area (Å²) in [7, 11) is 0. The van der Waals surface area contributed by atoms with E-state index in [-0.39, 0.29) is 5.91 Å². The lowest BCUT2D eigenvalue weighted by molar-refractivity contribution is -0.111. The molecule has 2 saturated heterocycles. The van der Waals surface area contributed by atoms with E-state index in [9.17, 15) is 4.79 Å². The monoisotopic (exact) mass is 508 g/mol. The van der Waals surface area contributed by atoms with Crippen LogP contribution in [0.25, 0.3) is 16.7 Å². The van der Waals surface area contributed by atoms with E-state index < -0.39 is 0 Å². The van der Waals surface area contributed by atoms with Gasteiger partial charge in [0.15, 0.2) is 0 Å². The fourth-order valence-corrected chi connectivity index (χ4v) is 5.89. The lowest BCUT2D eigenvalue weighted by Gasteiger charge is -2.26. The van der Waals surface area contributed by atoms with Crippen LogP contribution in [0.2, 0.25) is 0 Å². The molecule has 2 aromatic heterocycles. The van der Waals surface area contributed by atoms with E-state index in [1.165, 1.54) is 37.7 Å². The zero-order valence-corrected chi connectivity index (χ0v) is 22.2. The largest absolute Gasteiger partial charge is 0.381 e. The lowest BCUT2D eigenvalue weighted by Crippen LogP contribution is -2.29. The number of likely N-dealkylation sites (tertiary alicyclic amines) is 1. The Kier molecular flexibility index (Phi) is 7.10. The minimum atomic E-state index is -0.114. The number of piperidine rings is 1. The highest BCUT2D eigenvalue weighted by Crippen LogP contribution is 2.33. The van der Waals surface area contributed by atoms with E-state index in [1.807, 2.05) is 24.5 Å². The van der Waals surface area contributed by atoms with E-state index in [0.29, 0.717) is 12.1 Å². The Labute approximate surface area is 225 Å². The molecule has 196 valence electrons. The molecule has 0 bridgehead atoms. The van der Waals surface area contributed by atoms with Gasteiger partial charge in [0.2, 0.25) is 0 Å². The Morgan fingerprint density at radius 3 is 2.58 bits per heavy atom. The van der Waals surface area contributed by atoms with Gasteiger partial charge in [0.1, 0.15) is 5.82 Å². The molecule has 2 N–H and O–H groups in total. The van der Waals surface area contributed by atoms with Crippen molar-refractivity contribution in [1.82, 2.24) is 14.9 Å². The Morgan fingerprint density at radius 1 is 0.947 bits per heavy atom. The van der Waals surface area contributed by atoms with Gasteiger partial charge in [0, 0.05) is 61.0 Å². The zero-order valence-electron chi connectivity index (χ0n) is 22.2. The fraction of sp³-hybridized carbons (Fsp3) is 0.387. The smallest absolute Gasteiger partial charge is 0.256 e. The van der Waals surface area contributed by atoms with Crippen LogP contribution in [-0.4, -0.2) is 53.5 Å². The predicted octanol–water partition coefficient (Wildman–Crippen LogP) is 5.49. The van der Waals surface area contributed by atoms with Gasteiger partial charge in [-0.3, -0.25) is 14.7 Å². The van der Waals surface area contributed by atoms with Crippen LogP contribution < -0.4 is 15.5 Å². The van der Waals surface area contributed by atoms with Crippen LogP contribution in [0.4, 0.5) is 17.2 Å². The maximum Gasteiger partial charge on any atom is 0.256 e. The lowest BCUT2D eigenvalue weighted by atomic mass is 9.94. The molecule has 2 fully saturated rings. The Bertz CT molecular complexity index is 1350. The minimum absolute atomic E-state index is 0.114. The summed E-state index contributed by atoms with van der Waals surface area (Å²) in [4.78, 5) is 27.5. The third-order valence-electron chi connectivity index (χ3n) is 7.85. The van der Waals surface area contributed by atoms with E-state index in [1.54, 1.807) is 6.20 Å². The number of carbonyl (C=O) groups excluding carboxylic acids is 1. The number of hydrogen-bond acceptors (Lipinski definition) is 6. The summed E-state index contributed by atoms with van der Waals surface area (Å²) in [5.41, 5.74) is 7.74. The second-order valence-electron chi connectivity index (χ2n) is 10.7. The van der Waals surface area contributed by atoms with Crippen molar-refractivity contribution < 1.29 is 4.79 Å². The first-order valence-corrected chi connectivity index (χ1v) is 13.9. The maximum absolute atomic E-state index is 13.4. The molecule has 0 radical (unpaired) electrons. The molecule has 0 spiro atoms. The summed E-state index contributed by atoms with van der Waals surface area (Å²) in [6.45, 7) is 8.04. The van der Waals surface area contributed by atoms with Gasteiger partial charge in [-0.1, -0.05) is 18.6 Å². The molecule has 0 saturated carbocycles. The summed E-state index contributed by atoms with van der Waals surface area (Å²) in [5.74, 6) is 0.907. The highest BCUT2D eigenvalue weighted by Gasteiger charge is 2.21. The van der Waals surface area contributed by atoms with Gasteiger partial charge in [-0.25, -0.2) is 4.98 Å². The quantitative estimate of drug-likeness (QED) is 0.459. The van der Waals surface area contributed by atoms with Crippen molar-refractivity contribution in [1.29, 1.82) is 0 Å². The molecule has 7 nitrogen and oxygen atoms in total. The van der Waals surface area contributed by atoms with Crippen molar-refractivity contribution >= 4 is 28.7 Å². The number of nitrogens with zero attached hydrogens (tertiary/aromatic N) is 4. The van der Waals surface area contributed by atoms with Crippen LogP contribution in [0.5, 0.6) is 0 Å². The molecule has 1 amide bonds. The molecule has 38 heavy (non-hydrogen) atoms. The molecule has 0 atom stereocenters. The minimum Gasteiger partial charge on any atom is -0.381 e. The molecule has 0 unspecified atom stereocenters. The topological polar surface area (TPSA) is 73.4 Å². The molecule has 5 heterocycles. The van der Waals surface area contributed by atoms with E-state index in [0.717, 1.165) is 72.2 Å². The average Bonchev–Trinajstić information content (AvgIpc) is 3.48. The molecule has 3 aliphatic rings. The zero-order chi connectivity index (χ0) is 25.9. The van der Waals surface area contributed by atoms with E-state index in [4.69, 9.17) is 0 Å². The van der Waals surface area contributed by atoms with Gasteiger partial charge in [-0.15, -0.1) is 0 Å². The first-order chi connectivity index (χ1) is 18.6. The van der Waals surface area contributed by atoms with Gasteiger partial charge in [-0.05, 0) is 86.7 Å². The van der Waals surface area contributed by atoms with Gasteiger partial charge in [0.05, 0.1) is 11.9 Å². The van der Waals surface area contributed by atoms with E-state index >= 15 is 0 Å². The van der Waals surface area contributed by atoms with Crippen LogP contribution in [-0.2, 0) is 11.3 Å². The SMILES string of the molecule is Cc1cc(NC(=O)C2=CCNc3ccc(-c4cncc(CN5CCCCC5)c4)cc32)cnc1N1CCCC1. The van der Waals surface area contributed by atoms with Crippen molar-refractivity contribution in [2.24, 2.45) is 0 Å². The highest BCUT2D eigenvalue weighted by atomic mass is 16.1. The van der Waals surface area contributed by atoms with Gasteiger partial charge in [0.25, 0.3) is 5.91 Å². The molecule has 0 aliphatic carbocycles. The fourth-order valence-electron chi connectivity index (χ4n) is 5.89. The number of aromatic nitrogens is 2. The number of aryl methyl sites for hydroxylation is 1. The van der Waals surface area contributed by atoms with Crippen LogP contribution in [0.1, 0.15) is 48.8 Å². The molecular formula is C31H36N6O. The third-order valence-corrected chi connectivity index (χ3v) is 7.85. The highest BCUT2D eigenvalue weighted by molar-refractivity contribution is 6.27. The standard InChI is InChI=1S/C31H36N6O/c1-22-15-26(20-34-30(22)37-13-5-6-14-37)35-31(38)27-9-10-33-29-8-7-24(17-28(27)29)25-16-23(18-32-19-25)21-36-11-3-2-4-12-36/h7-9,15-20,33H,2-6,10-14,21H2,1H3,(H,35,38). The maximum atomic E-state index is 13.4. The second kappa shape index (κ2) is 11.0. The number of carbonyl (C=O) groups is 1. The Morgan fingerprint density at radius 2 is 1.76 bits per heavy atom. The van der Waals surface area contributed by atoms with Crippen LogP contribution in [0.3, 0.4) is 0 Å². The molecular weight excluding hydrogens is 472 g/mol. The van der Waals surface area contributed by atoms with Gasteiger partial charge >= 0.3 is 0 Å². The summed E-state index contributed by atoms with van der Waals surface area (Å²) >= 11 is 0. The Balaban J connectivity index is 1.21. The summed E-state index contributed by atoms with van der Waals surface area (Å²) in [5, 5.41) is 6.50. The predicted molar refractivity (Wildman–Crippen MR) is 154 cm³/mol. The van der Waals surface area contributed by atoms with Gasteiger partial charge < -0.3 is 15.5 Å². The third kappa shape index (κ3) is 5.29. The molecule has 7 heteroatoms. The number of benzene rings is 1. The molecule has 3 aliphatic heterocycles. The van der Waals surface area contributed by atoms with Crippen molar-refractivity contribution in [3.63, 3.8) is 0 Å². The normalized spacial score (nSPS) is 17.5. The summed E-state index contributed by atoms with van der Waals surface area (Å²) in [6, 6.07) is 10.5. The number of fused-ring (bicyclic) bond motifs is 1. The number of hydrogen-bond donors (Lipinski definition) is 2.